The Morgan fingerprint density at radius 1 is 1.29 bits per heavy atom. The van der Waals surface area contributed by atoms with Crippen LogP contribution in [-0.4, -0.2) is 32.2 Å². The van der Waals surface area contributed by atoms with Gasteiger partial charge in [0.15, 0.2) is 5.69 Å². The number of carboxylic acid groups (broad SMARTS) is 1. The number of nitrogen functional groups attached to an aromatic ring is 1. The van der Waals surface area contributed by atoms with E-state index in [4.69, 9.17) is 10.8 Å². The molecule has 0 aliphatic heterocycles. The van der Waals surface area contributed by atoms with Crippen LogP contribution in [0.3, 0.4) is 0 Å². The van der Waals surface area contributed by atoms with Crippen LogP contribution in [0.1, 0.15) is 16.9 Å². The Kier molecular flexibility index (Phi) is 3.83. The zero-order valence-corrected chi connectivity index (χ0v) is 10.6. The van der Waals surface area contributed by atoms with Gasteiger partial charge >= 0.3 is 12.1 Å². The Morgan fingerprint density at radius 2 is 1.90 bits per heavy atom. The third-order valence-corrected chi connectivity index (χ3v) is 2.73. The van der Waals surface area contributed by atoms with Gasteiger partial charge in [-0.3, -0.25) is 0 Å². The lowest BCUT2D eigenvalue weighted by Gasteiger charge is -2.09. The molecule has 21 heavy (non-hydrogen) atoms. The molecule has 0 atom stereocenters. The number of carboxylic acids is 1. The molecule has 0 aliphatic rings. The van der Waals surface area contributed by atoms with Crippen molar-refractivity contribution < 1.29 is 23.1 Å². The van der Waals surface area contributed by atoms with Crippen molar-refractivity contribution in [1.29, 1.82) is 0 Å². The summed E-state index contributed by atoms with van der Waals surface area (Å²) in [5.41, 5.74) is 5.98. The molecule has 3 N–H and O–H groups in total. The molecule has 112 valence electrons. The summed E-state index contributed by atoms with van der Waals surface area (Å²) in [6.45, 7) is -0.510. The maximum absolute atomic E-state index is 12.3. The number of nitrogens with two attached hydrogens (primary N) is 1. The fraction of sp³-hybridized carbons (Fsp3) is 0.250. The molecule has 0 bridgehead atoms. The molecule has 6 nitrogen and oxygen atoms in total. The summed E-state index contributed by atoms with van der Waals surface area (Å²) in [7, 11) is 0. The maximum atomic E-state index is 12.3. The predicted octanol–water partition coefficient (Wildman–Crippen LogP) is 2.18. The first kappa shape index (κ1) is 14.8. The van der Waals surface area contributed by atoms with Gasteiger partial charge in [-0.2, -0.15) is 13.2 Å². The molecule has 0 saturated heterocycles. The average Bonchev–Trinajstić information content (AvgIpc) is 2.80. The Bertz CT molecular complexity index is 650. The van der Waals surface area contributed by atoms with Crippen LogP contribution in [0.5, 0.6) is 0 Å². The number of aromatic nitrogens is 3. The smallest absolute Gasteiger partial charge is 0.390 e. The Balaban J connectivity index is 2.42. The number of carbonyl (C=O) groups is 1. The van der Waals surface area contributed by atoms with Gasteiger partial charge < -0.3 is 10.8 Å². The van der Waals surface area contributed by atoms with Crippen molar-refractivity contribution in [1.82, 2.24) is 15.0 Å². The largest absolute Gasteiger partial charge is 0.476 e. The molecule has 0 amide bonds. The van der Waals surface area contributed by atoms with E-state index >= 15 is 0 Å². The highest BCUT2D eigenvalue weighted by molar-refractivity contribution is 5.92. The zero-order valence-electron chi connectivity index (χ0n) is 10.6. The van der Waals surface area contributed by atoms with Crippen molar-refractivity contribution in [2.45, 2.75) is 19.1 Å². The Morgan fingerprint density at radius 3 is 2.43 bits per heavy atom. The van der Waals surface area contributed by atoms with Gasteiger partial charge in [0, 0.05) is 11.3 Å². The number of nitrogens with zero attached hydrogens (tertiary/aromatic N) is 3. The lowest BCUT2D eigenvalue weighted by molar-refractivity contribution is -0.137. The lowest BCUT2D eigenvalue weighted by Crippen LogP contribution is -2.14. The Labute approximate surface area is 117 Å². The van der Waals surface area contributed by atoms with E-state index in [1.807, 2.05) is 0 Å². The molecule has 1 aromatic heterocycles. The van der Waals surface area contributed by atoms with Crippen LogP contribution < -0.4 is 5.73 Å². The van der Waals surface area contributed by atoms with Crippen LogP contribution in [0, 0.1) is 0 Å². The average molecular weight is 300 g/mol. The first-order valence-electron chi connectivity index (χ1n) is 5.87. The molecule has 0 aliphatic carbocycles. The number of rotatable bonds is 4. The summed E-state index contributed by atoms with van der Waals surface area (Å²) in [6, 6.07) is 6.04. The van der Waals surface area contributed by atoms with Crippen molar-refractivity contribution in [3.8, 4) is 11.3 Å². The van der Waals surface area contributed by atoms with Gasteiger partial charge in [-0.05, 0) is 12.1 Å². The first-order chi connectivity index (χ1) is 9.78. The number of halogens is 3. The number of benzene rings is 1. The molecule has 0 radical (unpaired) electrons. The SMILES string of the molecule is Nc1ccc(-c2c(C(=O)O)nnn2CCC(F)(F)F)cc1. The van der Waals surface area contributed by atoms with E-state index in [1.165, 1.54) is 24.3 Å². The molecule has 0 fully saturated rings. The second-order valence-corrected chi connectivity index (χ2v) is 4.30. The fourth-order valence-corrected chi connectivity index (χ4v) is 1.77. The molecule has 0 spiro atoms. The van der Waals surface area contributed by atoms with E-state index in [1.54, 1.807) is 0 Å². The highest BCUT2D eigenvalue weighted by atomic mass is 19.4. The molecule has 1 heterocycles. The van der Waals surface area contributed by atoms with E-state index < -0.39 is 30.8 Å². The van der Waals surface area contributed by atoms with Crippen LogP contribution in [0.15, 0.2) is 24.3 Å². The third-order valence-electron chi connectivity index (χ3n) is 2.73. The lowest BCUT2D eigenvalue weighted by atomic mass is 10.1. The summed E-state index contributed by atoms with van der Waals surface area (Å²) in [5.74, 6) is -1.36. The summed E-state index contributed by atoms with van der Waals surface area (Å²) in [6.07, 6.45) is -5.49. The number of alkyl halides is 3. The summed E-state index contributed by atoms with van der Waals surface area (Å²) in [5, 5.41) is 16.0. The molecule has 1 aromatic carbocycles. The topological polar surface area (TPSA) is 94.0 Å². The number of anilines is 1. The van der Waals surface area contributed by atoms with Crippen LogP contribution in [0.25, 0.3) is 11.3 Å². The number of hydrogen-bond acceptors (Lipinski definition) is 4. The van der Waals surface area contributed by atoms with Crippen LogP contribution in [0.2, 0.25) is 0 Å². The van der Waals surface area contributed by atoms with E-state index in [-0.39, 0.29) is 5.69 Å². The van der Waals surface area contributed by atoms with Crippen molar-refractivity contribution in [3.05, 3.63) is 30.0 Å². The van der Waals surface area contributed by atoms with Crippen molar-refractivity contribution in [3.63, 3.8) is 0 Å². The summed E-state index contributed by atoms with van der Waals surface area (Å²) >= 11 is 0. The van der Waals surface area contributed by atoms with Gasteiger partial charge in [0.2, 0.25) is 0 Å². The van der Waals surface area contributed by atoms with Crippen LogP contribution in [0.4, 0.5) is 18.9 Å². The quantitative estimate of drug-likeness (QED) is 0.844. The molecule has 0 saturated carbocycles. The summed E-state index contributed by atoms with van der Waals surface area (Å²) < 4.78 is 37.8. The van der Waals surface area contributed by atoms with Gasteiger partial charge in [0.05, 0.1) is 13.0 Å². The molecule has 2 rings (SSSR count). The minimum atomic E-state index is -4.37. The first-order valence-corrected chi connectivity index (χ1v) is 5.87. The zero-order chi connectivity index (χ0) is 15.6. The fourth-order valence-electron chi connectivity index (χ4n) is 1.77. The van der Waals surface area contributed by atoms with E-state index in [0.29, 0.717) is 11.3 Å². The van der Waals surface area contributed by atoms with E-state index in [2.05, 4.69) is 10.3 Å². The molecule has 2 aromatic rings. The Hall–Kier alpha value is -2.58. The minimum Gasteiger partial charge on any atom is -0.476 e. The molecule has 9 heteroatoms. The molecule has 0 unspecified atom stereocenters. The van der Waals surface area contributed by atoms with Crippen molar-refractivity contribution in [2.75, 3.05) is 5.73 Å². The van der Waals surface area contributed by atoms with E-state index in [9.17, 15) is 18.0 Å². The monoisotopic (exact) mass is 300 g/mol. The predicted molar refractivity (Wildman–Crippen MR) is 67.5 cm³/mol. The third kappa shape index (κ3) is 3.50. The van der Waals surface area contributed by atoms with Gasteiger partial charge in [0.1, 0.15) is 5.69 Å². The highest BCUT2D eigenvalue weighted by Gasteiger charge is 2.29. The van der Waals surface area contributed by atoms with Crippen LogP contribution in [-0.2, 0) is 6.54 Å². The number of aromatic carboxylic acids is 1. The van der Waals surface area contributed by atoms with Gasteiger partial charge in [-0.1, -0.05) is 17.3 Å². The second-order valence-electron chi connectivity index (χ2n) is 4.30. The minimum absolute atomic E-state index is 0.0201. The normalized spacial score (nSPS) is 11.6. The molecular formula is C12H11F3N4O2. The van der Waals surface area contributed by atoms with E-state index in [0.717, 1.165) is 4.68 Å². The maximum Gasteiger partial charge on any atom is 0.390 e. The van der Waals surface area contributed by atoms with Crippen molar-refractivity contribution in [2.24, 2.45) is 0 Å². The number of hydrogen-bond donors (Lipinski definition) is 2. The molecular weight excluding hydrogens is 289 g/mol. The van der Waals surface area contributed by atoms with Gasteiger partial charge in [-0.25, -0.2) is 9.48 Å². The van der Waals surface area contributed by atoms with Gasteiger partial charge in [-0.15, -0.1) is 5.10 Å². The van der Waals surface area contributed by atoms with Crippen LogP contribution >= 0.6 is 0 Å². The van der Waals surface area contributed by atoms with Crippen molar-refractivity contribution >= 4 is 11.7 Å². The summed E-state index contributed by atoms with van der Waals surface area (Å²) in [4.78, 5) is 11.1. The second kappa shape index (κ2) is 5.43. The highest BCUT2D eigenvalue weighted by Crippen LogP contribution is 2.26. The van der Waals surface area contributed by atoms with Gasteiger partial charge in [0.25, 0.3) is 0 Å². The number of aryl methyl sites for hydroxylation is 1. The standard InChI is InChI=1S/C12H11F3N4O2/c13-12(14,15)5-6-19-10(9(11(20)21)17-18-19)7-1-3-8(16)4-2-7/h1-4H,5-6,16H2,(H,20,21).